The molecule has 0 atom stereocenters. The first kappa shape index (κ1) is 14.7. The zero-order valence-electron chi connectivity index (χ0n) is 12.0. The van der Waals surface area contributed by atoms with Gasteiger partial charge in [-0.2, -0.15) is 0 Å². The van der Waals surface area contributed by atoms with Crippen molar-refractivity contribution in [3.8, 4) is 11.5 Å². The van der Waals surface area contributed by atoms with Crippen molar-refractivity contribution in [1.29, 1.82) is 0 Å². The number of rotatable bonds is 4. The number of ether oxygens (including phenoxy) is 1. The summed E-state index contributed by atoms with van der Waals surface area (Å²) >= 11 is 0. The van der Waals surface area contributed by atoms with Crippen molar-refractivity contribution >= 4 is 11.6 Å². The van der Waals surface area contributed by atoms with E-state index in [9.17, 15) is 9.90 Å². The van der Waals surface area contributed by atoms with Crippen LogP contribution in [-0.2, 0) is 6.54 Å². The molecule has 2 aromatic rings. The lowest BCUT2D eigenvalue weighted by Gasteiger charge is -2.18. The number of methoxy groups -OCH3 is 1. The highest BCUT2D eigenvalue weighted by atomic mass is 16.5. The number of nitrogens with two attached hydrogens (primary N) is 1. The third-order valence-corrected chi connectivity index (χ3v) is 3.18. The summed E-state index contributed by atoms with van der Waals surface area (Å²) in [5, 5.41) is 9.25. The highest BCUT2D eigenvalue weighted by Crippen LogP contribution is 2.23. The number of phenolic OH excluding ortho intramolecular Hbond substituents is 1. The fourth-order valence-electron chi connectivity index (χ4n) is 2.03. The molecule has 0 bridgehead atoms. The summed E-state index contributed by atoms with van der Waals surface area (Å²) in [6.07, 6.45) is 0. The van der Waals surface area contributed by atoms with Gasteiger partial charge in [-0.05, 0) is 35.9 Å². The minimum absolute atomic E-state index is 0.127. The zero-order chi connectivity index (χ0) is 15.4. The lowest BCUT2D eigenvalue weighted by Crippen LogP contribution is -2.26. The van der Waals surface area contributed by atoms with Crippen LogP contribution >= 0.6 is 0 Å². The Bertz CT molecular complexity index is 638. The number of carbonyl (C=O) groups is 1. The first-order chi connectivity index (χ1) is 10.0. The van der Waals surface area contributed by atoms with Gasteiger partial charge in [-0.25, -0.2) is 0 Å². The molecule has 0 heterocycles. The summed E-state index contributed by atoms with van der Waals surface area (Å²) in [6.45, 7) is 0.449. The van der Waals surface area contributed by atoms with E-state index in [1.54, 1.807) is 54.4 Å². The van der Waals surface area contributed by atoms with Crippen LogP contribution in [0.5, 0.6) is 11.5 Å². The standard InChI is InChI=1S/C16H18N2O3/c1-18(10-11-3-6-13(19)7-4-11)16(20)12-5-8-15(21-2)14(17)9-12/h3-9,19H,10,17H2,1-2H3. The molecule has 0 aromatic heterocycles. The van der Waals surface area contributed by atoms with Crippen molar-refractivity contribution in [3.63, 3.8) is 0 Å². The van der Waals surface area contributed by atoms with Crippen LogP contribution in [0.1, 0.15) is 15.9 Å². The first-order valence-corrected chi connectivity index (χ1v) is 6.48. The molecule has 0 aliphatic heterocycles. The van der Waals surface area contributed by atoms with E-state index in [1.807, 2.05) is 0 Å². The Balaban J connectivity index is 2.11. The van der Waals surface area contributed by atoms with Gasteiger partial charge in [0.15, 0.2) is 0 Å². The Morgan fingerprint density at radius 3 is 2.48 bits per heavy atom. The molecule has 0 saturated carbocycles. The number of amides is 1. The zero-order valence-corrected chi connectivity index (χ0v) is 12.0. The van der Waals surface area contributed by atoms with Crippen LogP contribution < -0.4 is 10.5 Å². The highest BCUT2D eigenvalue weighted by molar-refractivity contribution is 5.95. The molecule has 110 valence electrons. The SMILES string of the molecule is COc1ccc(C(=O)N(C)Cc2ccc(O)cc2)cc1N. The Hall–Kier alpha value is -2.69. The second-order valence-corrected chi connectivity index (χ2v) is 4.78. The summed E-state index contributed by atoms with van der Waals surface area (Å²) in [7, 11) is 3.25. The van der Waals surface area contributed by atoms with E-state index in [2.05, 4.69) is 0 Å². The van der Waals surface area contributed by atoms with E-state index in [0.29, 0.717) is 23.5 Å². The van der Waals surface area contributed by atoms with E-state index >= 15 is 0 Å². The quantitative estimate of drug-likeness (QED) is 0.845. The number of nitrogen functional groups attached to an aromatic ring is 1. The van der Waals surface area contributed by atoms with Crippen LogP contribution in [0.2, 0.25) is 0 Å². The number of benzene rings is 2. The van der Waals surface area contributed by atoms with Crippen molar-refractivity contribution in [2.24, 2.45) is 0 Å². The van der Waals surface area contributed by atoms with Crippen LogP contribution in [0, 0.1) is 0 Å². The lowest BCUT2D eigenvalue weighted by atomic mass is 10.1. The lowest BCUT2D eigenvalue weighted by molar-refractivity contribution is 0.0785. The average molecular weight is 286 g/mol. The van der Waals surface area contributed by atoms with Crippen LogP contribution in [0.15, 0.2) is 42.5 Å². The molecule has 0 spiro atoms. The van der Waals surface area contributed by atoms with Gasteiger partial charge in [0.05, 0.1) is 12.8 Å². The highest BCUT2D eigenvalue weighted by Gasteiger charge is 2.13. The molecule has 2 rings (SSSR count). The second-order valence-electron chi connectivity index (χ2n) is 4.78. The van der Waals surface area contributed by atoms with E-state index in [0.717, 1.165) is 5.56 Å². The number of nitrogens with zero attached hydrogens (tertiary/aromatic N) is 1. The number of hydrogen-bond donors (Lipinski definition) is 2. The van der Waals surface area contributed by atoms with Crippen LogP contribution in [0.4, 0.5) is 5.69 Å². The van der Waals surface area contributed by atoms with Gasteiger partial charge >= 0.3 is 0 Å². The van der Waals surface area contributed by atoms with E-state index in [1.165, 1.54) is 7.11 Å². The summed E-state index contributed by atoms with van der Waals surface area (Å²) < 4.78 is 5.07. The Kier molecular flexibility index (Phi) is 4.33. The average Bonchev–Trinajstić information content (AvgIpc) is 2.48. The number of aromatic hydroxyl groups is 1. The van der Waals surface area contributed by atoms with Crippen LogP contribution in [0.25, 0.3) is 0 Å². The van der Waals surface area contributed by atoms with Crippen molar-refractivity contribution in [3.05, 3.63) is 53.6 Å². The van der Waals surface area contributed by atoms with Gasteiger partial charge in [-0.1, -0.05) is 12.1 Å². The van der Waals surface area contributed by atoms with Gasteiger partial charge in [0.1, 0.15) is 11.5 Å². The molecular formula is C16H18N2O3. The van der Waals surface area contributed by atoms with Gasteiger partial charge in [-0.3, -0.25) is 4.79 Å². The number of hydrogen-bond acceptors (Lipinski definition) is 4. The normalized spacial score (nSPS) is 10.2. The van der Waals surface area contributed by atoms with Gasteiger partial charge in [-0.15, -0.1) is 0 Å². The topological polar surface area (TPSA) is 75.8 Å². The number of phenols is 1. The summed E-state index contributed by atoms with van der Waals surface area (Å²) in [4.78, 5) is 13.9. The van der Waals surface area contributed by atoms with Gasteiger partial charge in [0.2, 0.25) is 0 Å². The molecule has 0 unspecified atom stereocenters. The molecule has 0 fully saturated rings. The third kappa shape index (κ3) is 3.45. The Morgan fingerprint density at radius 1 is 1.24 bits per heavy atom. The molecule has 0 aliphatic carbocycles. The van der Waals surface area contributed by atoms with Gasteiger partial charge in [0.25, 0.3) is 5.91 Å². The Labute approximate surface area is 123 Å². The molecule has 5 heteroatoms. The fraction of sp³-hybridized carbons (Fsp3) is 0.188. The van der Waals surface area contributed by atoms with E-state index in [4.69, 9.17) is 10.5 Å². The monoisotopic (exact) mass is 286 g/mol. The molecular weight excluding hydrogens is 268 g/mol. The van der Waals surface area contributed by atoms with Crippen molar-refractivity contribution in [2.75, 3.05) is 19.9 Å². The predicted octanol–water partition coefficient (Wildman–Crippen LogP) is 2.26. The molecule has 0 saturated heterocycles. The van der Waals surface area contributed by atoms with E-state index in [-0.39, 0.29) is 11.7 Å². The summed E-state index contributed by atoms with van der Waals surface area (Å²) in [5.74, 6) is 0.626. The molecule has 3 N–H and O–H groups in total. The van der Waals surface area contributed by atoms with Gasteiger partial charge < -0.3 is 20.5 Å². The van der Waals surface area contributed by atoms with Gasteiger partial charge in [0, 0.05) is 19.2 Å². The fourth-order valence-corrected chi connectivity index (χ4v) is 2.03. The minimum Gasteiger partial charge on any atom is -0.508 e. The number of carbonyl (C=O) groups excluding carboxylic acids is 1. The smallest absolute Gasteiger partial charge is 0.253 e. The van der Waals surface area contributed by atoms with Crippen molar-refractivity contribution in [2.45, 2.75) is 6.54 Å². The van der Waals surface area contributed by atoms with E-state index < -0.39 is 0 Å². The summed E-state index contributed by atoms with van der Waals surface area (Å²) in [6, 6.07) is 11.7. The maximum absolute atomic E-state index is 12.3. The molecule has 0 radical (unpaired) electrons. The van der Waals surface area contributed by atoms with Crippen LogP contribution in [-0.4, -0.2) is 30.1 Å². The largest absolute Gasteiger partial charge is 0.508 e. The predicted molar refractivity (Wildman–Crippen MR) is 81.3 cm³/mol. The Morgan fingerprint density at radius 2 is 1.90 bits per heavy atom. The number of anilines is 1. The third-order valence-electron chi connectivity index (χ3n) is 3.18. The molecule has 1 amide bonds. The molecule has 21 heavy (non-hydrogen) atoms. The summed E-state index contributed by atoms with van der Waals surface area (Å²) in [5.41, 5.74) is 7.69. The molecule has 2 aromatic carbocycles. The first-order valence-electron chi connectivity index (χ1n) is 6.48. The molecule has 5 nitrogen and oxygen atoms in total. The maximum atomic E-state index is 12.3. The minimum atomic E-state index is -0.127. The van der Waals surface area contributed by atoms with Crippen molar-refractivity contribution < 1.29 is 14.6 Å². The van der Waals surface area contributed by atoms with Crippen LogP contribution in [0.3, 0.4) is 0 Å². The maximum Gasteiger partial charge on any atom is 0.253 e. The second kappa shape index (κ2) is 6.17. The molecule has 0 aliphatic rings. The van der Waals surface area contributed by atoms with Crippen molar-refractivity contribution in [1.82, 2.24) is 4.90 Å².